The quantitative estimate of drug-likeness (QED) is 0.636. The number of rotatable bonds is 7. The van der Waals surface area contributed by atoms with Crippen molar-refractivity contribution >= 4 is 0 Å². The Hall–Kier alpha value is -0.0800. The molecular weight excluding hydrogens is 160 g/mol. The van der Waals surface area contributed by atoms with Crippen LogP contribution in [0.1, 0.15) is 47.0 Å². The Balaban J connectivity index is 3.95. The van der Waals surface area contributed by atoms with Gasteiger partial charge in [0.2, 0.25) is 0 Å². The highest BCUT2D eigenvalue weighted by molar-refractivity contribution is 4.84. The molecule has 80 valence electrons. The molecule has 0 heterocycles. The summed E-state index contributed by atoms with van der Waals surface area (Å²) in [7, 11) is 2.01. The molecule has 0 aromatic rings. The van der Waals surface area contributed by atoms with Gasteiger partial charge in [0.05, 0.1) is 0 Å². The molecule has 2 N–H and O–H groups in total. The predicted molar refractivity (Wildman–Crippen MR) is 60.1 cm³/mol. The van der Waals surface area contributed by atoms with Crippen LogP contribution in [0.15, 0.2) is 0 Å². The van der Waals surface area contributed by atoms with Crippen LogP contribution in [0, 0.1) is 0 Å². The molecule has 0 fully saturated rings. The van der Waals surface area contributed by atoms with Crippen LogP contribution < -0.4 is 10.6 Å². The third-order valence-corrected chi connectivity index (χ3v) is 3.31. The minimum atomic E-state index is 0.366. The molecule has 0 aliphatic rings. The second-order valence-electron chi connectivity index (χ2n) is 3.91. The van der Waals surface area contributed by atoms with Gasteiger partial charge in [-0.1, -0.05) is 20.8 Å². The first-order valence-electron chi connectivity index (χ1n) is 5.56. The van der Waals surface area contributed by atoms with Gasteiger partial charge in [-0.05, 0) is 33.2 Å². The zero-order valence-corrected chi connectivity index (χ0v) is 9.91. The first kappa shape index (κ1) is 12.9. The number of nitrogens with one attached hydrogen (secondary N) is 2. The van der Waals surface area contributed by atoms with E-state index in [0.717, 1.165) is 6.54 Å². The van der Waals surface area contributed by atoms with E-state index >= 15 is 0 Å². The van der Waals surface area contributed by atoms with Crippen LogP contribution in [0.3, 0.4) is 0 Å². The normalized spacial score (nSPS) is 14.5. The fraction of sp³-hybridized carbons (Fsp3) is 1.00. The summed E-state index contributed by atoms with van der Waals surface area (Å²) in [6.07, 6.45) is 3.66. The van der Waals surface area contributed by atoms with E-state index in [-0.39, 0.29) is 0 Å². The lowest BCUT2D eigenvalue weighted by Crippen LogP contribution is -2.48. The SMILES string of the molecule is CCC(CC)(CC)NCC(C)NC. The predicted octanol–water partition coefficient (Wildman–Crippen LogP) is 2.15. The molecule has 0 amide bonds. The molecule has 0 bridgehead atoms. The Morgan fingerprint density at radius 1 is 1.08 bits per heavy atom. The lowest BCUT2D eigenvalue weighted by atomic mass is 9.89. The summed E-state index contributed by atoms with van der Waals surface area (Å²) in [5, 5.41) is 6.92. The van der Waals surface area contributed by atoms with E-state index in [9.17, 15) is 0 Å². The first-order valence-corrected chi connectivity index (χ1v) is 5.56. The highest BCUT2D eigenvalue weighted by atomic mass is 15.0. The molecule has 0 aromatic heterocycles. The summed E-state index contributed by atoms with van der Waals surface area (Å²) < 4.78 is 0. The fourth-order valence-corrected chi connectivity index (χ4v) is 1.60. The maximum atomic E-state index is 3.67. The molecule has 0 saturated heterocycles. The minimum Gasteiger partial charge on any atom is -0.316 e. The zero-order chi connectivity index (χ0) is 10.3. The summed E-state index contributed by atoms with van der Waals surface area (Å²) in [6.45, 7) is 10.1. The number of hydrogen-bond donors (Lipinski definition) is 2. The lowest BCUT2D eigenvalue weighted by Gasteiger charge is -2.33. The van der Waals surface area contributed by atoms with Crippen molar-refractivity contribution in [2.75, 3.05) is 13.6 Å². The second kappa shape index (κ2) is 6.39. The van der Waals surface area contributed by atoms with Crippen molar-refractivity contribution in [1.82, 2.24) is 10.6 Å². The van der Waals surface area contributed by atoms with Crippen LogP contribution in [0.2, 0.25) is 0 Å². The third-order valence-electron chi connectivity index (χ3n) is 3.31. The van der Waals surface area contributed by atoms with E-state index in [1.165, 1.54) is 19.3 Å². The Morgan fingerprint density at radius 3 is 1.85 bits per heavy atom. The highest BCUT2D eigenvalue weighted by Gasteiger charge is 2.22. The van der Waals surface area contributed by atoms with Crippen molar-refractivity contribution in [1.29, 1.82) is 0 Å². The standard InChI is InChI=1S/C11H26N2/c1-6-11(7-2,8-3)13-9-10(4)12-5/h10,12-13H,6-9H2,1-5H3. The van der Waals surface area contributed by atoms with Crippen LogP contribution in [-0.4, -0.2) is 25.2 Å². The van der Waals surface area contributed by atoms with Gasteiger partial charge >= 0.3 is 0 Å². The molecule has 0 aliphatic heterocycles. The van der Waals surface area contributed by atoms with E-state index in [1.807, 2.05) is 7.05 Å². The molecule has 0 aromatic carbocycles. The Labute approximate surface area is 83.5 Å². The van der Waals surface area contributed by atoms with E-state index in [4.69, 9.17) is 0 Å². The van der Waals surface area contributed by atoms with Crippen LogP contribution in [-0.2, 0) is 0 Å². The van der Waals surface area contributed by atoms with Gasteiger partial charge in [0.1, 0.15) is 0 Å². The molecule has 1 unspecified atom stereocenters. The number of likely N-dealkylation sites (N-methyl/N-ethyl adjacent to an activating group) is 1. The summed E-state index contributed by atoms with van der Waals surface area (Å²) in [6, 6.07) is 0.559. The molecule has 0 spiro atoms. The summed E-state index contributed by atoms with van der Waals surface area (Å²) >= 11 is 0. The highest BCUT2D eigenvalue weighted by Crippen LogP contribution is 2.18. The maximum absolute atomic E-state index is 3.67. The van der Waals surface area contributed by atoms with Gasteiger partial charge in [-0.15, -0.1) is 0 Å². The van der Waals surface area contributed by atoms with Crippen molar-refractivity contribution in [3.05, 3.63) is 0 Å². The Morgan fingerprint density at radius 2 is 1.54 bits per heavy atom. The van der Waals surface area contributed by atoms with Crippen molar-refractivity contribution in [2.24, 2.45) is 0 Å². The monoisotopic (exact) mass is 186 g/mol. The van der Waals surface area contributed by atoms with Crippen LogP contribution in [0.5, 0.6) is 0 Å². The Kier molecular flexibility index (Phi) is 6.35. The van der Waals surface area contributed by atoms with Crippen molar-refractivity contribution in [3.63, 3.8) is 0 Å². The van der Waals surface area contributed by atoms with Gasteiger partial charge in [0.15, 0.2) is 0 Å². The van der Waals surface area contributed by atoms with Gasteiger partial charge in [-0.3, -0.25) is 0 Å². The van der Waals surface area contributed by atoms with E-state index in [0.29, 0.717) is 11.6 Å². The van der Waals surface area contributed by atoms with Crippen LogP contribution in [0.25, 0.3) is 0 Å². The van der Waals surface area contributed by atoms with Crippen LogP contribution in [0.4, 0.5) is 0 Å². The molecule has 0 rings (SSSR count). The van der Waals surface area contributed by atoms with Gasteiger partial charge in [0, 0.05) is 18.1 Å². The van der Waals surface area contributed by atoms with Gasteiger partial charge < -0.3 is 10.6 Å². The van der Waals surface area contributed by atoms with Gasteiger partial charge in [-0.2, -0.15) is 0 Å². The van der Waals surface area contributed by atoms with Crippen molar-refractivity contribution in [2.45, 2.75) is 58.5 Å². The molecular formula is C11H26N2. The Bertz CT molecular complexity index is 111. The fourth-order valence-electron chi connectivity index (χ4n) is 1.60. The average molecular weight is 186 g/mol. The van der Waals surface area contributed by atoms with Crippen LogP contribution >= 0.6 is 0 Å². The second-order valence-corrected chi connectivity index (χ2v) is 3.91. The average Bonchev–Trinajstić information content (AvgIpc) is 2.20. The third kappa shape index (κ3) is 4.10. The lowest BCUT2D eigenvalue weighted by molar-refractivity contribution is 0.280. The zero-order valence-electron chi connectivity index (χ0n) is 9.91. The molecule has 0 saturated carbocycles. The summed E-state index contributed by atoms with van der Waals surface area (Å²) in [5.41, 5.74) is 0.366. The largest absolute Gasteiger partial charge is 0.316 e. The smallest absolute Gasteiger partial charge is 0.0174 e. The summed E-state index contributed by atoms with van der Waals surface area (Å²) in [5.74, 6) is 0. The van der Waals surface area contributed by atoms with Gasteiger partial charge in [-0.25, -0.2) is 0 Å². The van der Waals surface area contributed by atoms with Crippen molar-refractivity contribution < 1.29 is 0 Å². The molecule has 0 aliphatic carbocycles. The molecule has 13 heavy (non-hydrogen) atoms. The summed E-state index contributed by atoms with van der Waals surface area (Å²) in [4.78, 5) is 0. The first-order chi connectivity index (χ1) is 6.14. The molecule has 2 nitrogen and oxygen atoms in total. The molecule has 1 atom stereocenters. The molecule has 2 heteroatoms. The van der Waals surface area contributed by atoms with E-state index in [2.05, 4.69) is 38.3 Å². The number of hydrogen-bond acceptors (Lipinski definition) is 2. The van der Waals surface area contributed by atoms with E-state index in [1.54, 1.807) is 0 Å². The van der Waals surface area contributed by atoms with Gasteiger partial charge in [0.25, 0.3) is 0 Å². The van der Waals surface area contributed by atoms with E-state index < -0.39 is 0 Å². The van der Waals surface area contributed by atoms with Crippen molar-refractivity contribution in [3.8, 4) is 0 Å². The maximum Gasteiger partial charge on any atom is 0.0174 e. The topological polar surface area (TPSA) is 24.1 Å². The minimum absolute atomic E-state index is 0.366. The molecule has 0 radical (unpaired) electrons.